The van der Waals surface area contributed by atoms with Crippen LogP contribution in [-0.4, -0.2) is 30.1 Å². The number of rotatable bonds is 4. The summed E-state index contributed by atoms with van der Waals surface area (Å²) < 4.78 is 0. The molecule has 1 aliphatic heterocycles. The van der Waals surface area contributed by atoms with Crippen molar-refractivity contribution in [1.29, 1.82) is 0 Å². The second-order valence-corrected chi connectivity index (χ2v) is 5.34. The van der Waals surface area contributed by atoms with Gasteiger partial charge in [0.2, 0.25) is 0 Å². The molecule has 1 aliphatic carbocycles. The van der Waals surface area contributed by atoms with Crippen molar-refractivity contribution >= 4 is 5.69 Å². The molecule has 1 unspecified atom stereocenters. The van der Waals surface area contributed by atoms with Crippen LogP contribution in [0, 0.1) is 0 Å². The van der Waals surface area contributed by atoms with Gasteiger partial charge >= 0.3 is 0 Å². The number of nitrogens with one attached hydrogen (secondary N) is 1. The lowest BCUT2D eigenvalue weighted by Gasteiger charge is -2.15. The first-order valence-corrected chi connectivity index (χ1v) is 6.63. The molecule has 0 radical (unpaired) electrons. The molecule has 3 nitrogen and oxygen atoms in total. The fourth-order valence-electron chi connectivity index (χ4n) is 2.69. The first kappa shape index (κ1) is 11.1. The lowest BCUT2D eigenvalue weighted by atomic mass is 10.2. The molecule has 17 heavy (non-hydrogen) atoms. The third kappa shape index (κ3) is 2.79. The highest BCUT2D eigenvalue weighted by molar-refractivity contribution is 5.40. The molecular formula is C14H21N3. The number of nitrogens with two attached hydrogens (primary N) is 1. The second-order valence-electron chi connectivity index (χ2n) is 5.34. The van der Waals surface area contributed by atoms with E-state index in [0.29, 0.717) is 6.04 Å². The van der Waals surface area contributed by atoms with Gasteiger partial charge in [-0.3, -0.25) is 4.90 Å². The summed E-state index contributed by atoms with van der Waals surface area (Å²) in [5.41, 5.74) is 7.92. The minimum absolute atomic E-state index is 0.664. The van der Waals surface area contributed by atoms with Crippen molar-refractivity contribution < 1.29 is 0 Å². The summed E-state index contributed by atoms with van der Waals surface area (Å²) in [5.74, 6) is 0. The molecule has 1 heterocycles. The maximum Gasteiger partial charge on any atom is 0.0317 e. The van der Waals surface area contributed by atoms with Gasteiger partial charge < -0.3 is 11.1 Å². The summed E-state index contributed by atoms with van der Waals surface area (Å²) in [6, 6.07) is 9.73. The van der Waals surface area contributed by atoms with Gasteiger partial charge in [0.05, 0.1) is 0 Å². The highest BCUT2D eigenvalue weighted by Crippen LogP contribution is 2.29. The van der Waals surface area contributed by atoms with Gasteiger partial charge in [0, 0.05) is 37.4 Å². The third-order valence-electron chi connectivity index (χ3n) is 3.83. The zero-order valence-electron chi connectivity index (χ0n) is 10.2. The Morgan fingerprint density at radius 2 is 2.18 bits per heavy atom. The molecule has 1 saturated heterocycles. The van der Waals surface area contributed by atoms with E-state index < -0.39 is 0 Å². The monoisotopic (exact) mass is 231 g/mol. The van der Waals surface area contributed by atoms with Gasteiger partial charge in [-0.25, -0.2) is 0 Å². The summed E-state index contributed by atoms with van der Waals surface area (Å²) in [7, 11) is 0. The SMILES string of the molecule is Nc1cccc(CNC2CCN(C3CC3)C2)c1. The van der Waals surface area contributed by atoms with Gasteiger partial charge in [0.15, 0.2) is 0 Å². The zero-order chi connectivity index (χ0) is 11.7. The van der Waals surface area contributed by atoms with Crippen molar-refractivity contribution in [3.05, 3.63) is 29.8 Å². The smallest absolute Gasteiger partial charge is 0.0317 e. The molecule has 3 heteroatoms. The molecule has 0 amide bonds. The van der Waals surface area contributed by atoms with Crippen molar-refractivity contribution in [2.24, 2.45) is 0 Å². The number of hydrogen-bond acceptors (Lipinski definition) is 3. The van der Waals surface area contributed by atoms with Crippen LogP contribution in [0.3, 0.4) is 0 Å². The summed E-state index contributed by atoms with van der Waals surface area (Å²) in [6.07, 6.45) is 4.13. The molecule has 92 valence electrons. The summed E-state index contributed by atoms with van der Waals surface area (Å²) >= 11 is 0. The predicted octanol–water partition coefficient (Wildman–Crippen LogP) is 1.60. The van der Waals surface area contributed by atoms with Gasteiger partial charge in [-0.15, -0.1) is 0 Å². The molecule has 0 aromatic heterocycles. The molecule has 2 aliphatic rings. The number of likely N-dealkylation sites (tertiary alicyclic amines) is 1. The number of hydrogen-bond donors (Lipinski definition) is 2. The van der Waals surface area contributed by atoms with Crippen LogP contribution in [0.1, 0.15) is 24.8 Å². The quantitative estimate of drug-likeness (QED) is 0.773. The Morgan fingerprint density at radius 1 is 1.29 bits per heavy atom. The topological polar surface area (TPSA) is 41.3 Å². The zero-order valence-corrected chi connectivity index (χ0v) is 10.2. The second kappa shape index (κ2) is 4.67. The third-order valence-corrected chi connectivity index (χ3v) is 3.83. The van der Waals surface area contributed by atoms with Gasteiger partial charge in [-0.05, 0) is 37.0 Å². The Bertz CT molecular complexity index is 387. The van der Waals surface area contributed by atoms with Crippen molar-refractivity contribution in [3.8, 4) is 0 Å². The maximum atomic E-state index is 5.78. The van der Waals surface area contributed by atoms with E-state index in [1.165, 1.54) is 37.9 Å². The highest BCUT2D eigenvalue weighted by Gasteiger charge is 2.33. The first-order chi connectivity index (χ1) is 8.31. The van der Waals surface area contributed by atoms with E-state index in [0.717, 1.165) is 18.3 Å². The summed E-state index contributed by atoms with van der Waals surface area (Å²) in [6.45, 7) is 3.44. The predicted molar refractivity (Wildman–Crippen MR) is 70.7 cm³/mol. The number of anilines is 1. The minimum Gasteiger partial charge on any atom is -0.399 e. The molecule has 0 bridgehead atoms. The van der Waals surface area contributed by atoms with Crippen LogP contribution < -0.4 is 11.1 Å². The van der Waals surface area contributed by atoms with Crippen LogP contribution in [0.4, 0.5) is 5.69 Å². The van der Waals surface area contributed by atoms with Crippen LogP contribution in [0.5, 0.6) is 0 Å². The molecule has 0 spiro atoms. The highest BCUT2D eigenvalue weighted by atomic mass is 15.2. The molecule has 3 N–H and O–H groups in total. The van der Waals surface area contributed by atoms with Crippen LogP contribution in [0.25, 0.3) is 0 Å². The fraction of sp³-hybridized carbons (Fsp3) is 0.571. The van der Waals surface area contributed by atoms with Crippen molar-refractivity contribution in [3.63, 3.8) is 0 Å². The first-order valence-electron chi connectivity index (χ1n) is 6.63. The Morgan fingerprint density at radius 3 is 2.94 bits per heavy atom. The Hall–Kier alpha value is -1.06. The largest absolute Gasteiger partial charge is 0.399 e. The average molecular weight is 231 g/mol. The lowest BCUT2D eigenvalue weighted by molar-refractivity contribution is 0.317. The van der Waals surface area contributed by atoms with E-state index in [2.05, 4.69) is 22.3 Å². The molecule has 1 saturated carbocycles. The molecule has 1 atom stereocenters. The van der Waals surface area contributed by atoms with E-state index in [-0.39, 0.29) is 0 Å². The number of benzene rings is 1. The maximum absolute atomic E-state index is 5.78. The van der Waals surface area contributed by atoms with Crippen LogP contribution in [0.15, 0.2) is 24.3 Å². The van der Waals surface area contributed by atoms with Gasteiger partial charge in [-0.2, -0.15) is 0 Å². The van der Waals surface area contributed by atoms with Gasteiger partial charge in [0.1, 0.15) is 0 Å². The van der Waals surface area contributed by atoms with E-state index in [9.17, 15) is 0 Å². The Kier molecular flexibility index (Phi) is 3.04. The fourth-order valence-corrected chi connectivity index (χ4v) is 2.69. The van der Waals surface area contributed by atoms with Gasteiger partial charge in [0.25, 0.3) is 0 Å². The van der Waals surface area contributed by atoms with Crippen molar-refractivity contribution in [1.82, 2.24) is 10.2 Å². The summed E-state index contributed by atoms with van der Waals surface area (Å²) in [5, 5.41) is 3.64. The normalized spacial score (nSPS) is 25.3. The minimum atomic E-state index is 0.664. The molecular weight excluding hydrogens is 210 g/mol. The Labute approximate surface area is 103 Å². The molecule has 1 aromatic carbocycles. The standard InChI is InChI=1S/C14H21N3/c15-12-3-1-2-11(8-12)9-16-13-6-7-17(10-13)14-4-5-14/h1-3,8,13-14,16H,4-7,9-10,15H2. The van der Waals surface area contributed by atoms with E-state index in [1.807, 2.05) is 12.1 Å². The number of nitrogen functional groups attached to an aromatic ring is 1. The van der Waals surface area contributed by atoms with Crippen LogP contribution in [0.2, 0.25) is 0 Å². The summed E-state index contributed by atoms with van der Waals surface area (Å²) in [4.78, 5) is 2.64. The van der Waals surface area contributed by atoms with Gasteiger partial charge in [-0.1, -0.05) is 12.1 Å². The van der Waals surface area contributed by atoms with E-state index in [1.54, 1.807) is 0 Å². The van der Waals surface area contributed by atoms with E-state index in [4.69, 9.17) is 5.73 Å². The lowest BCUT2D eigenvalue weighted by Crippen LogP contribution is -2.32. The molecule has 3 rings (SSSR count). The van der Waals surface area contributed by atoms with Crippen molar-refractivity contribution in [2.45, 2.75) is 37.9 Å². The number of nitrogens with zero attached hydrogens (tertiary/aromatic N) is 1. The van der Waals surface area contributed by atoms with Crippen molar-refractivity contribution in [2.75, 3.05) is 18.8 Å². The Balaban J connectivity index is 1.48. The van der Waals surface area contributed by atoms with Crippen LogP contribution in [-0.2, 0) is 6.54 Å². The average Bonchev–Trinajstić information content (AvgIpc) is 3.07. The molecule has 1 aromatic rings. The van der Waals surface area contributed by atoms with E-state index >= 15 is 0 Å². The van der Waals surface area contributed by atoms with Crippen LogP contribution >= 0.6 is 0 Å². The molecule has 2 fully saturated rings.